The first-order valence-corrected chi connectivity index (χ1v) is 11.0. The Balaban J connectivity index is 1.67. The lowest BCUT2D eigenvalue weighted by Crippen LogP contribution is -2.43. The maximum absolute atomic E-state index is 14.7. The molecule has 1 fully saturated rings. The minimum Gasteiger partial charge on any atom is -0.494 e. The van der Waals surface area contributed by atoms with Crippen LogP contribution in [0.4, 0.5) is 26.1 Å². The molecule has 6 N–H and O–H groups in total. The van der Waals surface area contributed by atoms with Gasteiger partial charge in [-0.3, -0.25) is 9.78 Å². The average molecular weight is 469 g/mol. The maximum Gasteiger partial charge on any atom is 0.252 e. The lowest BCUT2D eigenvalue weighted by Gasteiger charge is -2.30. The van der Waals surface area contributed by atoms with E-state index in [9.17, 15) is 13.6 Å². The van der Waals surface area contributed by atoms with E-state index < -0.39 is 17.5 Å². The number of aromatic nitrogens is 2. The number of carbonyl (C=O) groups excluding carboxylic acids is 1. The van der Waals surface area contributed by atoms with Crippen LogP contribution in [-0.4, -0.2) is 35.1 Å². The van der Waals surface area contributed by atoms with E-state index in [4.69, 9.17) is 16.2 Å². The molecule has 2 atom stereocenters. The summed E-state index contributed by atoms with van der Waals surface area (Å²) in [6, 6.07) is 8.71. The average Bonchev–Trinajstić information content (AvgIpc) is 2.82. The Morgan fingerprint density at radius 2 is 1.94 bits per heavy atom. The van der Waals surface area contributed by atoms with Gasteiger partial charge in [0.2, 0.25) is 0 Å². The van der Waals surface area contributed by atoms with Gasteiger partial charge in [0, 0.05) is 29.5 Å². The fraction of sp³-hybridized carbons (Fsp3) is 0.292. The van der Waals surface area contributed by atoms with Crippen LogP contribution in [0.1, 0.15) is 36.0 Å². The number of ether oxygens (including phenoxy) is 1. The summed E-state index contributed by atoms with van der Waals surface area (Å²) >= 11 is 0. The van der Waals surface area contributed by atoms with Crippen molar-refractivity contribution in [3.05, 3.63) is 59.8 Å². The summed E-state index contributed by atoms with van der Waals surface area (Å²) in [5.41, 5.74) is 12.5. The predicted molar refractivity (Wildman–Crippen MR) is 126 cm³/mol. The summed E-state index contributed by atoms with van der Waals surface area (Å²) in [6.45, 7) is 0. The number of hydrogen-bond acceptors (Lipinski definition) is 7. The highest BCUT2D eigenvalue weighted by atomic mass is 19.1. The summed E-state index contributed by atoms with van der Waals surface area (Å²) in [7, 11) is 1.38. The molecule has 34 heavy (non-hydrogen) atoms. The number of carbonyl (C=O) groups is 1. The van der Waals surface area contributed by atoms with E-state index in [1.807, 2.05) is 0 Å². The molecule has 0 aliphatic heterocycles. The second-order valence-corrected chi connectivity index (χ2v) is 8.15. The van der Waals surface area contributed by atoms with Crippen LogP contribution in [0.15, 0.2) is 42.6 Å². The van der Waals surface area contributed by atoms with Crippen molar-refractivity contribution >= 4 is 23.2 Å². The van der Waals surface area contributed by atoms with E-state index in [1.54, 1.807) is 24.3 Å². The number of nitrogens with two attached hydrogens (primary N) is 2. The zero-order valence-electron chi connectivity index (χ0n) is 18.6. The van der Waals surface area contributed by atoms with Crippen LogP contribution in [0.5, 0.6) is 5.75 Å². The van der Waals surface area contributed by atoms with Crippen molar-refractivity contribution in [1.82, 2.24) is 9.97 Å². The topological polar surface area (TPSA) is 128 Å². The Morgan fingerprint density at radius 3 is 2.68 bits per heavy atom. The number of benzene rings is 1. The molecule has 178 valence electrons. The molecule has 3 aromatic rings. The molecule has 1 saturated carbocycles. The molecule has 0 saturated heterocycles. The third kappa shape index (κ3) is 4.91. The number of primary amides is 1. The van der Waals surface area contributed by atoms with Crippen molar-refractivity contribution in [2.75, 3.05) is 17.7 Å². The maximum atomic E-state index is 14.7. The van der Waals surface area contributed by atoms with Gasteiger partial charge in [0.05, 0.1) is 18.4 Å². The predicted octanol–water partition coefficient (Wildman–Crippen LogP) is 3.95. The SMILES string of the molecule is COc1cccc(-c2cc(Nc3nc(N[C@@H]4CCCCC4N)c(F)cc3C(N)=O)ccn2)c1F. The Bertz CT molecular complexity index is 1210. The summed E-state index contributed by atoms with van der Waals surface area (Å²) in [6.07, 6.45) is 5.12. The fourth-order valence-electron chi connectivity index (χ4n) is 4.05. The first kappa shape index (κ1) is 23.4. The number of anilines is 3. The second kappa shape index (κ2) is 10.0. The van der Waals surface area contributed by atoms with Crippen molar-refractivity contribution in [3.8, 4) is 17.0 Å². The van der Waals surface area contributed by atoms with Crippen LogP contribution in [0, 0.1) is 11.6 Å². The van der Waals surface area contributed by atoms with E-state index in [-0.39, 0.29) is 40.6 Å². The first-order valence-electron chi connectivity index (χ1n) is 11.0. The Kier molecular flexibility index (Phi) is 6.87. The number of nitrogens with one attached hydrogen (secondary N) is 2. The van der Waals surface area contributed by atoms with Gasteiger partial charge in [0.1, 0.15) is 5.82 Å². The van der Waals surface area contributed by atoms with Gasteiger partial charge in [0.15, 0.2) is 23.2 Å². The Labute approximate surface area is 195 Å². The molecule has 1 aliphatic carbocycles. The van der Waals surface area contributed by atoms with Gasteiger partial charge in [-0.15, -0.1) is 0 Å². The molecule has 2 heterocycles. The highest BCUT2D eigenvalue weighted by Gasteiger charge is 2.24. The number of methoxy groups -OCH3 is 1. The zero-order chi connectivity index (χ0) is 24.2. The van der Waals surface area contributed by atoms with Gasteiger partial charge >= 0.3 is 0 Å². The number of nitrogens with zero attached hydrogens (tertiary/aromatic N) is 2. The zero-order valence-corrected chi connectivity index (χ0v) is 18.6. The molecule has 10 heteroatoms. The highest BCUT2D eigenvalue weighted by Crippen LogP contribution is 2.31. The molecule has 0 bridgehead atoms. The van der Waals surface area contributed by atoms with Gasteiger partial charge in [0.25, 0.3) is 5.91 Å². The Morgan fingerprint density at radius 1 is 1.15 bits per heavy atom. The Hall–Kier alpha value is -3.79. The van der Waals surface area contributed by atoms with Gasteiger partial charge in [-0.2, -0.15) is 0 Å². The van der Waals surface area contributed by atoms with Crippen molar-refractivity contribution in [2.24, 2.45) is 11.5 Å². The van der Waals surface area contributed by atoms with E-state index in [0.29, 0.717) is 11.4 Å². The number of pyridine rings is 2. The number of hydrogen-bond donors (Lipinski definition) is 4. The summed E-state index contributed by atoms with van der Waals surface area (Å²) < 4.78 is 34.5. The van der Waals surface area contributed by atoms with Gasteiger partial charge in [-0.1, -0.05) is 18.9 Å². The van der Waals surface area contributed by atoms with Crippen molar-refractivity contribution in [1.29, 1.82) is 0 Å². The first-order chi connectivity index (χ1) is 16.4. The van der Waals surface area contributed by atoms with Crippen LogP contribution in [-0.2, 0) is 0 Å². The van der Waals surface area contributed by atoms with Crippen molar-refractivity contribution < 1.29 is 18.3 Å². The van der Waals surface area contributed by atoms with Crippen LogP contribution in [0.3, 0.4) is 0 Å². The molecule has 1 unspecified atom stereocenters. The monoisotopic (exact) mass is 468 g/mol. The fourth-order valence-corrected chi connectivity index (χ4v) is 4.05. The van der Waals surface area contributed by atoms with Crippen molar-refractivity contribution in [2.45, 2.75) is 37.8 Å². The minimum atomic E-state index is -0.845. The summed E-state index contributed by atoms with van der Waals surface area (Å²) in [5.74, 6) is -1.98. The highest BCUT2D eigenvalue weighted by molar-refractivity contribution is 5.98. The second-order valence-electron chi connectivity index (χ2n) is 8.15. The lowest BCUT2D eigenvalue weighted by atomic mass is 9.91. The molecule has 0 radical (unpaired) electrons. The van der Waals surface area contributed by atoms with E-state index in [1.165, 1.54) is 19.4 Å². The third-order valence-corrected chi connectivity index (χ3v) is 5.86. The molecule has 2 aromatic heterocycles. The van der Waals surface area contributed by atoms with E-state index in [0.717, 1.165) is 31.7 Å². The van der Waals surface area contributed by atoms with Crippen LogP contribution in [0.25, 0.3) is 11.3 Å². The molecular formula is C24H26F2N6O2. The number of halogens is 2. The molecule has 1 amide bonds. The normalized spacial score (nSPS) is 17.8. The largest absolute Gasteiger partial charge is 0.494 e. The molecule has 0 spiro atoms. The van der Waals surface area contributed by atoms with Crippen LogP contribution < -0.4 is 26.8 Å². The van der Waals surface area contributed by atoms with Crippen molar-refractivity contribution in [3.63, 3.8) is 0 Å². The smallest absolute Gasteiger partial charge is 0.252 e. The lowest BCUT2D eigenvalue weighted by molar-refractivity contribution is 0.100. The minimum absolute atomic E-state index is 0.0250. The molecule has 1 aliphatic rings. The van der Waals surface area contributed by atoms with E-state index in [2.05, 4.69) is 20.6 Å². The molecule has 1 aromatic carbocycles. The van der Waals surface area contributed by atoms with Gasteiger partial charge in [-0.05, 0) is 43.2 Å². The quantitative estimate of drug-likeness (QED) is 0.413. The third-order valence-electron chi connectivity index (χ3n) is 5.86. The van der Waals surface area contributed by atoms with Gasteiger partial charge < -0.3 is 26.8 Å². The molecular weight excluding hydrogens is 442 g/mol. The van der Waals surface area contributed by atoms with E-state index >= 15 is 0 Å². The van der Waals surface area contributed by atoms with Crippen LogP contribution in [0.2, 0.25) is 0 Å². The standard InChI is InChI=1S/C24H26F2N6O2/c1-34-20-8-4-5-14(21(20)26)19-11-13(9-10-29-19)30-23-15(22(28)33)12-16(25)24(32-23)31-18-7-3-2-6-17(18)27/h4-5,8-12,17-18H,2-3,6-7,27H2,1H3,(H2,28,33)(H2,29,30,31,32)/t17?,18-/m1/s1. The van der Waals surface area contributed by atoms with Gasteiger partial charge in [-0.25, -0.2) is 13.8 Å². The number of amides is 1. The molecule has 4 rings (SSSR count). The molecule has 8 nitrogen and oxygen atoms in total. The summed E-state index contributed by atoms with van der Waals surface area (Å²) in [5, 5.41) is 6.05. The van der Waals surface area contributed by atoms with Crippen LogP contribution >= 0.6 is 0 Å². The summed E-state index contributed by atoms with van der Waals surface area (Å²) in [4.78, 5) is 20.5. The number of rotatable bonds is 7.